The zero-order valence-electron chi connectivity index (χ0n) is 18.3. The lowest BCUT2D eigenvalue weighted by atomic mass is 10.0. The van der Waals surface area contributed by atoms with Gasteiger partial charge in [0.05, 0.1) is 0 Å². The maximum atomic E-state index is 11.6. The summed E-state index contributed by atoms with van der Waals surface area (Å²) in [6.07, 6.45) is 7.47. The van der Waals surface area contributed by atoms with Crippen LogP contribution in [0, 0.1) is 5.92 Å². The average molecular weight is 473 g/mol. The van der Waals surface area contributed by atoms with E-state index in [1.54, 1.807) is 6.26 Å². The lowest BCUT2D eigenvalue weighted by Crippen LogP contribution is -2.30. The van der Waals surface area contributed by atoms with Crippen molar-refractivity contribution in [2.75, 3.05) is 12.0 Å². The van der Waals surface area contributed by atoms with Crippen molar-refractivity contribution >= 4 is 36.6 Å². The minimum atomic E-state index is -4.86. The minimum Gasteiger partial charge on any atom is -0.441 e. The standard InChI is InChI=1S/C15H23NO2S.C2H2F3NO.C2H6.CH4S/c1-4-8-12(2)11-19-16-15(17)18-13(3)14-9-6-5-7-10-14;3-2(4,5)1(6)7;2*1-2/h4,6,9-10,12-13H,1,5,7-8,11H2,2-3H3,(H,16,17);(H2,6,7);1-2H3;2H,1H3. The van der Waals surface area contributed by atoms with E-state index in [4.69, 9.17) is 9.53 Å². The van der Waals surface area contributed by atoms with E-state index in [9.17, 15) is 18.0 Å². The van der Waals surface area contributed by atoms with Gasteiger partial charge in [-0.15, -0.1) is 6.58 Å². The van der Waals surface area contributed by atoms with Crippen molar-refractivity contribution in [3.63, 3.8) is 0 Å². The van der Waals surface area contributed by atoms with Gasteiger partial charge < -0.3 is 10.5 Å². The van der Waals surface area contributed by atoms with Gasteiger partial charge in [-0.25, -0.2) is 4.79 Å². The van der Waals surface area contributed by atoms with Crippen molar-refractivity contribution < 1.29 is 27.5 Å². The van der Waals surface area contributed by atoms with Gasteiger partial charge in [0.25, 0.3) is 0 Å². The summed E-state index contributed by atoms with van der Waals surface area (Å²) in [6.45, 7) is 11.7. The molecule has 5 nitrogen and oxygen atoms in total. The molecule has 2 amide bonds. The molecule has 176 valence electrons. The van der Waals surface area contributed by atoms with Gasteiger partial charge in [-0.3, -0.25) is 9.52 Å². The van der Waals surface area contributed by atoms with Crippen molar-refractivity contribution in [1.82, 2.24) is 4.72 Å². The number of primary amides is 1. The number of carbonyl (C=O) groups is 2. The quantitative estimate of drug-likeness (QED) is 0.247. The molecule has 10 heteroatoms. The molecule has 3 N–H and O–H groups in total. The molecular formula is C20H35F3N2O3S2. The number of carbonyl (C=O) groups excluding carboxylic acids is 2. The Hall–Kier alpha value is -1.55. The Kier molecular flexibility index (Phi) is 22.9. The van der Waals surface area contributed by atoms with Crippen molar-refractivity contribution in [1.29, 1.82) is 0 Å². The second-order valence-corrected chi connectivity index (χ2v) is 6.46. The monoisotopic (exact) mass is 472 g/mol. The van der Waals surface area contributed by atoms with E-state index in [-0.39, 0.29) is 12.2 Å². The smallest absolute Gasteiger partial charge is 0.441 e. The third-order valence-corrected chi connectivity index (χ3v) is 4.20. The van der Waals surface area contributed by atoms with Crippen molar-refractivity contribution in [2.45, 2.75) is 59.2 Å². The van der Waals surface area contributed by atoms with E-state index in [1.165, 1.54) is 11.9 Å². The first-order chi connectivity index (χ1) is 14.1. The molecule has 2 atom stereocenters. The molecule has 0 fully saturated rings. The Balaban J connectivity index is -0.000000556. The number of alkyl halides is 3. The summed E-state index contributed by atoms with van der Waals surface area (Å²) >= 11 is 4.92. The highest BCUT2D eigenvalue weighted by Crippen LogP contribution is 2.16. The molecule has 2 unspecified atom stereocenters. The number of allylic oxidation sites excluding steroid dienone is 3. The van der Waals surface area contributed by atoms with Crippen LogP contribution in [0.3, 0.4) is 0 Å². The topological polar surface area (TPSA) is 81.4 Å². The lowest BCUT2D eigenvalue weighted by Gasteiger charge is -2.17. The molecular weight excluding hydrogens is 437 g/mol. The molecule has 0 radical (unpaired) electrons. The third-order valence-electron chi connectivity index (χ3n) is 3.15. The van der Waals surface area contributed by atoms with Crippen LogP contribution in [0.4, 0.5) is 18.0 Å². The molecule has 0 saturated heterocycles. The molecule has 0 aromatic rings. The largest absolute Gasteiger partial charge is 0.470 e. The lowest BCUT2D eigenvalue weighted by molar-refractivity contribution is -0.169. The average Bonchev–Trinajstić information content (AvgIpc) is 2.71. The SMILES string of the molecule is C=CCC(C)CSNC(=O)OC(C)C1=CCCC=C1.CC.CS.NC(=O)C(F)(F)F. The fourth-order valence-electron chi connectivity index (χ4n) is 1.78. The van der Waals surface area contributed by atoms with Crippen LogP contribution in [0.25, 0.3) is 0 Å². The van der Waals surface area contributed by atoms with E-state index >= 15 is 0 Å². The number of hydrogen-bond donors (Lipinski definition) is 3. The number of ether oxygens (including phenoxy) is 1. The van der Waals surface area contributed by atoms with E-state index in [0.717, 1.165) is 30.6 Å². The molecule has 30 heavy (non-hydrogen) atoms. The molecule has 0 aromatic heterocycles. The van der Waals surface area contributed by atoms with Gasteiger partial charge in [0.2, 0.25) is 0 Å². The molecule has 0 saturated carbocycles. The highest BCUT2D eigenvalue weighted by molar-refractivity contribution is 7.97. The van der Waals surface area contributed by atoms with Crippen LogP contribution in [0.1, 0.15) is 47.0 Å². The second kappa shape index (κ2) is 20.7. The predicted octanol–water partition coefficient (Wildman–Crippen LogP) is 5.84. The number of amides is 2. The molecule has 0 bridgehead atoms. The number of rotatable bonds is 7. The van der Waals surface area contributed by atoms with Gasteiger partial charge in [-0.1, -0.05) is 45.1 Å². The molecule has 1 aliphatic carbocycles. The summed E-state index contributed by atoms with van der Waals surface area (Å²) in [5.41, 5.74) is 4.88. The first kappa shape index (κ1) is 33.1. The molecule has 0 aromatic carbocycles. The molecule has 0 aliphatic heterocycles. The first-order valence-corrected chi connectivity index (χ1v) is 11.3. The van der Waals surface area contributed by atoms with E-state index in [0.29, 0.717) is 5.92 Å². The normalized spacial score (nSPS) is 14.0. The van der Waals surface area contributed by atoms with Crippen LogP contribution in [0.5, 0.6) is 0 Å². The Labute approximate surface area is 188 Å². The zero-order valence-corrected chi connectivity index (χ0v) is 20.0. The number of halogens is 3. The second-order valence-electron chi connectivity index (χ2n) is 5.64. The summed E-state index contributed by atoms with van der Waals surface area (Å²) in [6, 6.07) is 0. The Morgan fingerprint density at radius 3 is 2.27 bits per heavy atom. The van der Waals surface area contributed by atoms with Crippen molar-refractivity contribution in [3.05, 3.63) is 36.5 Å². The Bertz CT molecular complexity index is 540. The van der Waals surface area contributed by atoms with Crippen molar-refractivity contribution in [3.8, 4) is 0 Å². The fourth-order valence-corrected chi connectivity index (χ4v) is 2.45. The summed E-state index contributed by atoms with van der Waals surface area (Å²) in [5.74, 6) is -0.894. The van der Waals surface area contributed by atoms with Gasteiger partial charge in [0.15, 0.2) is 0 Å². The van der Waals surface area contributed by atoms with Crippen LogP contribution < -0.4 is 10.5 Å². The van der Waals surface area contributed by atoms with Gasteiger partial charge >= 0.3 is 18.2 Å². The van der Waals surface area contributed by atoms with Crippen LogP contribution >= 0.6 is 24.6 Å². The zero-order chi connectivity index (χ0) is 24.2. The highest BCUT2D eigenvalue weighted by Gasteiger charge is 2.35. The van der Waals surface area contributed by atoms with Gasteiger partial charge in [-0.05, 0) is 55.9 Å². The van der Waals surface area contributed by atoms with Crippen LogP contribution in [0.15, 0.2) is 36.5 Å². The number of thiol groups is 1. The fraction of sp³-hybridized carbons (Fsp3) is 0.600. The molecule has 0 heterocycles. The Morgan fingerprint density at radius 2 is 1.87 bits per heavy atom. The minimum absolute atomic E-state index is 0.192. The van der Waals surface area contributed by atoms with Gasteiger partial charge in [0, 0.05) is 5.75 Å². The third kappa shape index (κ3) is 19.8. The first-order valence-electron chi connectivity index (χ1n) is 9.45. The van der Waals surface area contributed by atoms with Gasteiger partial charge in [-0.2, -0.15) is 25.8 Å². The maximum absolute atomic E-state index is 11.6. The Morgan fingerprint density at radius 1 is 1.33 bits per heavy atom. The summed E-state index contributed by atoms with van der Waals surface area (Å²) < 4.78 is 40.1. The molecule has 1 rings (SSSR count). The van der Waals surface area contributed by atoms with E-state index < -0.39 is 12.1 Å². The predicted molar refractivity (Wildman–Crippen MR) is 123 cm³/mol. The van der Waals surface area contributed by atoms with Gasteiger partial charge in [0.1, 0.15) is 6.10 Å². The van der Waals surface area contributed by atoms with Crippen LogP contribution in [-0.4, -0.2) is 36.3 Å². The molecule has 1 aliphatic rings. The van der Waals surface area contributed by atoms with E-state index in [1.807, 2.05) is 32.9 Å². The number of nitrogens with two attached hydrogens (primary N) is 1. The molecule has 0 spiro atoms. The van der Waals surface area contributed by atoms with Crippen molar-refractivity contribution in [2.24, 2.45) is 11.7 Å². The summed E-state index contributed by atoms with van der Waals surface area (Å²) in [7, 11) is 0. The number of nitrogens with one attached hydrogen (secondary N) is 1. The summed E-state index contributed by atoms with van der Waals surface area (Å²) in [4.78, 5) is 20.7. The summed E-state index contributed by atoms with van der Waals surface area (Å²) in [5, 5.41) is 0. The van der Waals surface area contributed by atoms with E-state index in [2.05, 4.69) is 48.7 Å². The highest BCUT2D eigenvalue weighted by atomic mass is 32.2. The number of hydrogen-bond acceptors (Lipinski definition) is 5. The van der Waals surface area contributed by atoms with Crippen LogP contribution in [-0.2, 0) is 9.53 Å². The maximum Gasteiger partial charge on any atom is 0.470 e. The van der Waals surface area contributed by atoms with Crippen LogP contribution in [0.2, 0.25) is 0 Å².